The number of fused-ring (bicyclic) bond motifs is 1. The maximum Gasteiger partial charge on any atom is 0.225 e. The molecule has 0 amide bonds. The molecule has 0 radical (unpaired) electrons. The number of piperidine rings is 2. The Kier molecular flexibility index (Phi) is 8.00. The first-order valence-corrected chi connectivity index (χ1v) is 15.5. The minimum atomic E-state index is -3.17. The lowest BCUT2D eigenvalue weighted by molar-refractivity contribution is 0.134. The molecular formula is C28H39FN4O3S. The first-order chi connectivity index (χ1) is 17.9. The second-order valence-electron chi connectivity index (χ2n) is 10.8. The van der Waals surface area contributed by atoms with Crippen molar-refractivity contribution in [2.45, 2.75) is 77.2 Å². The van der Waals surface area contributed by atoms with Crippen LogP contribution in [0.4, 0.5) is 10.3 Å². The summed E-state index contributed by atoms with van der Waals surface area (Å²) in [6.07, 6.45) is 10.7. The Morgan fingerprint density at radius 2 is 1.70 bits per heavy atom. The number of nitrogens with zero attached hydrogens (tertiary/aromatic N) is 4. The van der Waals surface area contributed by atoms with E-state index >= 15 is 4.39 Å². The van der Waals surface area contributed by atoms with Crippen LogP contribution in [0.2, 0.25) is 0 Å². The molecule has 3 aliphatic heterocycles. The molecule has 1 aromatic carbocycles. The van der Waals surface area contributed by atoms with Crippen molar-refractivity contribution >= 4 is 16.0 Å². The molecule has 0 spiro atoms. The van der Waals surface area contributed by atoms with E-state index in [4.69, 9.17) is 4.74 Å². The maximum atomic E-state index is 15.1. The molecular weight excluding hydrogens is 491 g/mol. The third-order valence-electron chi connectivity index (χ3n) is 8.19. The molecule has 0 N–H and O–H groups in total. The van der Waals surface area contributed by atoms with Gasteiger partial charge in [-0.15, -0.1) is 0 Å². The van der Waals surface area contributed by atoms with Gasteiger partial charge in [0.05, 0.1) is 5.75 Å². The number of hydrogen-bond acceptors (Lipinski definition) is 6. The molecule has 1 atom stereocenters. The lowest BCUT2D eigenvalue weighted by atomic mass is 9.86. The summed E-state index contributed by atoms with van der Waals surface area (Å²) < 4.78 is 47.7. The number of benzene rings is 1. The van der Waals surface area contributed by atoms with Gasteiger partial charge in [-0.25, -0.2) is 27.1 Å². The standard InChI is InChI=1S/C28H39FN4O3S/c1-3-5-20-18-30-28(31-19-20)32-10-6-22(7-11-32)26-17-24-15-23(16-25(29)27(24)36-26)21-8-12-33(13-9-21)37(34,35)14-4-2/h15-16,18-19,21-22,26H,3-14,17H2,1-2H3. The molecule has 7 nitrogen and oxygen atoms in total. The number of halogens is 1. The van der Waals surface area contributed by atoms with E-state index in [-0.39, 0.29) is 23.6 Å². The number of aromatic nitrogens is 2. The van der Waals surface area contributed by atoms with Gasteiger partial charge in [0, 0.05) is 50.6 Å². The summed E-state index contributed by atoms with van der Waals surface area (Å²) in [6.45, 7) is 6.81. The van der Waals surface area contributed by atoms with E-state index in [0.717, 1.165) is 75.1 Å². The summed E-state index contributed by atoms with van der Waals surface area (Å²) in [4.78, 5) is 11.4. The van der Waals surface area contributed by atoms with Crippen LogP contribution < -0.4 is 9.64 Å². The van der Waals surface area contributed by atoms with Crippen LogP contribution in [-0.2, 0) is 22.9 Å². The fourth-order valence-electron chi connectivity index (χ4n) is 6.12. The zero-order valence-corrected chi connectivity index (χ0v) is 22.9. The fraction of sp³-hybridized carbons (Fsp3) is 0.643. The van der Waals surface area contributed by atoms with Gasteiger partial charge in [-0.3, -0.25) is 0 Å². The number of rotatable bonds is 8. The van der Waals surface area contributed by atoms with Crippen LogP contribution in [-0.4, -0.2) is 60.7 Å². The zero-order valence-electron chi connectivity index (χ0n) is 22.0. The van der Waals surface area contributed by atoms with Gasteiger partial charge in [-0.05, 0) is 67.6 Å². The summed E-state index contributed by atoms with van der Waals surface area (Å²) in [6, 6.07) is 3.73. The average molecular weight is 531 g/mol. The molecule has 0 saturated carbocycles. The third kappa shape index (κ3) is 5.77. The number of anilines is 1. The number of sulfonamides is 1. The summed E-state index contributed by atoms with van der Waals surface area (Å²) >= 11 is 0. The maximum absolute atomic E-state index is 15.1. The largest absolute Gasteiger partial charge is 0.486 e. The van der Waals surface area contributed by atoms with E-state index < -0.39 is 10.0 Å². The summed E-state index contributed by atoms with van der Waals surface area (Å²) in [5, 5.41) is 0. The normalized spacial score (nSPS) is 21.7. The Morgan fingerprint density at radius 1 is 1.00 bits per heavy atom. The highest BCUT2D eigenvalue weighted by molar-refractivity contribution is 7.89. The summed E-state index contributed by atoms with van der Waals surface area (Å²) in [5.74, 6) is 1.67. The van der Waals surface area contributed by atoms with Gasteiger partial charge in [0.25, 0.3) is 0 Å². The molecule has 5 rings (SSSR count). The second kappa shape index (κ2) is 11.2. The molecule has 1 unspecified atom stereocenters. The molecule has 9 heteroatoms. The van der Waals surface area contributed by atoms with Crippen molar-refractivity contribution in [3.63, 3.8) is 0 Å². The van der Waals surface area contributed by atoms with E-state index in [9.17, 15) is 8.42 Å². The van der Waals surface area contributed by atoms with Crippen LogP contribution >= 0.6 is 0 Å². The van der Waals surface area contributed by atoms with Gasteiger partial charge in [-0.2, -0.15) is 0 Å². The van der Waals surface area contributed by atoms with Crippen molar-refractivity contribution in [3.8, 4) is 5.75 Å². The van der Waals surface area contributed by atoms with Crippen LogP contribution in [0.5, 0.6) is 5.75 Å². The Hall–Kier alpha value is -2.26. The number of hydrogen-bond donors (Lipinski definition) is 0. The van der Waals surface area contributed by atoms with E-state index in [1.165, 1.54) is 5.56 Å². The molecule has 0 bridgehead atoms. The van der Waals surface area contributed by atoms with Gasteiger partial charge in [0.15, 0.2) is 11.6 Å². The number of ether oxygens (including phenoxy) is 1. The van der Waals surface area contributed by atoms with E-state index in [0.29, 0.717) is 31.2 Å². The van der Waals surface area contributed by atoms with E-state index in [1.54, 1.807) is 10.4 Å². The lowest BCUT2D eigenvalue weighted by Crippen LogP contribution is -2.40. The highest BCUT2D eigenvalue weighted by Crippen LogP contribution is 2.40. The molecule has 1 aromatic heterocycles. The monoisotopic (exact) mass is 530 g/mol. The molecule has 2 saturated heterocycles. The molecule has 4 heterocycles. The predicted octanol–water partition coefficient (Wildman–Crippen LogP) is 4.71. The van der Waals surface area contributed by atoms with Crippen LogP contribution in [0.15, 0.2) is 24.5 Å². The van der Waals surface area contributed by atoms with Crippen LogP contribution in [0.1, 0.15) is 75.0 Å². The molecule has 2 fully saturated rings. The average Bonchev–Trinajstić information content (AvgIpc) is 3.35. The second-order valence-corrected chi connectivity index (χ2v) is 12.9. The first kappa shape index (κ1) is 26.4. The summed E-state index contributed by atoms with van der Waals surface area (Å²) in [5.41, 5.74) is 3.11. The van der Waals surface area contributed by atoms with E-state index in [1.807, 2.05) is 19.3 Å². The fourth-order valence-corrected chi connectivity index (χ4v) is 7.66. The van der Waals surface area contributed by atoms with Crippen molar-refractivity contribution in [1.82, 2.24) is 14.3 Å². The van der Waals surface area contributed by atoms with Crippen molar-refractivity contribution in [2.24, 2.45) is 5.92 Å². The zero-order chi connectivity index (χ0) is 26.0. The molecule has 2 aromatic rings. The summed E-state index contributed by atoms with van der Waals surface area (Å²) in [7, 11) is -3.17. The van der Waals surface area contributed by atoms with Gasteiger partial charge in [0.2, 0.25) is 16.0 Å². The van der Waals surface area contributed by atoms with Crippen LogP contribution in [0.25, 0.3) is 0 Å². The minimum absolute atomic E-state index is 0.00390. The topological polar surface area (TPSA) is 75.6 Å². The highest BCUT2D eigenvalue weighted by atomic mass is 32.2. The minimum Gasteiger partial charge on any atom is -0.486 e. The van der Waals surface area contributed by atoms with Crippen LogP contribution in [0.3, 0.4) is 0 Å². The van der Waals surface area contributed by atoms with Crippen molar-refractivity contribution < 1.29 is 17.5 Å². The van der Waals surface area contributed by atoms with Gasteiger partial charge < -0.3 is 9.64 Å². The Labute approximate surface area is 220 Å². The van der Waals surface area contributed by atoms with Crippen molar-refractivity contribution in [3.05, 3.63) is 47.0 Å². The third-order valence-corrected chi connectivity index (χ3v) is 10.3. The predicted molar refractivity (Wildman–Crippen MR) is 143 cm³/mol. The molecule has 3 aliphatic rings. The van der Waals surface area contributed by atoms with Crippen molar-refractivity contribution in [2.75, 3.05) is 36.8 Å². The van der Waals surface area contributed by atoms with Crippen molar-refractivity contribution in [1.29, 1.82) is 0 Å². The van der Waals surface area contributed by atoms with Gasteiger partial charge in [0.1, 0.15) is 6.10 Å². The van der Waals surface area contributed by atoms with Gasteiger partial charge >= 0.3 is 0 Å². The molecule has 202 valence electrons. The highest BCUT2D eigenvalue weighted by Gasteiger charge is 2.36. The quantitative estimate of drug-likeness (QED) is 0.492. The van der Waals surface area contributed by atoms with Crippen LogP contribution in [0, 0.1) is 11.7 Å². The smallest absolute Gasteiger partial charge is 0.225 e. The Morgan fingerprint density at radius 3 is 2.35 bits per heavy atom. The molecule has 0 aliphatic carbocycles. The first-order valence-electron chi connectivity index (χ1n) is 13.9. The Bertz CT molecular complexity index is 1170. The molecule has 37 heavy (non-hydrogen) atoms. The van der Waals surface area contributed by atoms with Gasteiger partial charge in [-0.1, -0.05) is 26.3 Å². The van der Waals surface area contributed by atoms with E-state index in [2.05, 4.69) is 27.9 Å². The SMILES string of the molecule is CCCc1cnc(N2CCC(C3Cc4cc(C5CCN(S(=O)(=O)CCC)CC5)cc(F)c4O3)CC2)nc1. The Balaban J connectivity index is 1.17. The number of aryl methyl sites for hydroxylation is 1. The lowest BCUT2D eigenvalue weighted by Gasteiger charge is -2.34.